The van der Waals surface area contributed by atoms with Gasteiger partial charge in [0.2, 0.25) is 0 Å². The second kappa shape index (κ2) is 9.39. The largest absolute Gasteiger partial charge is 0.497 e. The van der Waals surface area contributed by atoms with Gasteiger partial charge in [0.15, 0.2) is 0 Å². The molecule has 1 aliphatic rings. The molecule has 0 unspecified atom stereocenters. The molecule has 2 aromatic carbocycles. The molecule has 0 spiro atoms. The van der Waals surface area contributed by atoms with Crippen molar-refractivity contribution < 1.29 is 14.3 Å². The van der Waals surface area contributed by atoms with Gasteiger partial charge >= 0.3 is 0 Å². The van der Waals surface area contributed by atoms with Crippen molar-refractivity contribution in [1.29, 1.82) is 0 Å². The minimum absolute atomic E-state index is 0. The van der Waals surface area contributed by atoms with Crippen LogP contribution in [-0.4, -0.2) is 54.9 Å². The van der Waals surface area contributed by atoms with Crippen LogP contribution < -0.4 is 10.5 Å². The first-order valence-corrected chi connectivity index (χ1v) is 8.64. The Morgan fingerprint density at radius 1 is 0.926 bits per heavy atom. The zero-order chi connectivity index (χ0) is 18.5. The van der Waals surface area contributed by atoms with Crippen LogP contribution in [-0.2, 0) is 6.54 Å². The highest BCUT2D eigenvalue weighted by atomic mass is 35.5. The molecule has 0 aromatic heterocycles. The Kier molecular flexibility index (Phi) is 7.21. The van der Waals surface area contributed by atoms with E-state index in [9.17, 15) is 9.59 Å². The molecule has 0 atom stereocenters. The molecule has 6 nitrogen and oxygen atoms in total. The summed E-state index contributed by atoms with van der Waals surface area (Å²) in [5.74, 6) is 0.607. The van der Waals surface area contributed by atoms with E-state index in [4.69, 9.17) is 10.5 Å². The summed E-state index contributed by atoms with van der Waals surface area (Å²) in [6.45, 7) is 2.53. The number of benzene rings is 2. The highest BCUT2D eigenvalue weighted by Gasteiger charge is 2.25. The molecular formula is C20H24ClN3O3. The monoisotopic (exact) mass is 389 g/mol. The predicted molar refractivity (Wildman–Crippen MR) is 106 cm³/mol. The van der Waals surface area contributed by atoms with Crippen molar-refractivity contribution in [3.05, 3.63) is 65.2 Å². The number of methoxy groups -OCH3 is 1. The van der Waals surface area contributed by atoms with Gasteiger partial charge < -0.3 is 20.3 Å². The van der Waals surface area contributed by atoms with Gasteiger partial charge in [-0.2, -0.15) is 0 Å². The van der Waals surface area contributed by atoms with Crippen molar-refractivity contribution in [2.24, 2.45) is 5.73 Å². The molecule has 1 saturated heterocycles. The average molecular weight is 390 g/mol. The van der Waals surface area contributed by atoms with Gasteiger partial charge in [-0.05, 0) is 35.9 Å². The lowest BCUT2D eigenvalue weighted by molar-refractivity contribution is 0.0535. The van der Waals surface area contributed by atoms with Crippen LogP contribution in [0.3, 0.4) is 0 Å². The van der Waals surface area contributed by atoms with E-state index in [-0.39, 0.29) is 24.2 Å². The lowest BCUT2D eigenvalue weighted by atomic mass is 10.1. The number of hydrogen-bond acceptors (Lipinski definition) is 4. The fourth-order valence-electron chi connectivity index (χ4n) is 3.02. The third-order valence-corrected chi connectivity index (χ3v) is 4.61. The summed E-state index contributed by atoms with van der Waals surface area (Å²) >= 11 is 0. The van der Waals surface area contributed by atoms with Crippen molar-refractivity contribution in [2.45, 2.75) is 6.54 Å². The number of carbonyl (C=O) groups is 2. The Bertz CT molecular complexity index is 787. The Morgan fingerprint density at radius 2 is 1.48 bits per heavy atom. The molecule has 2 N–H and O–H groups in total. The minimum atomic E-state index is -0.0386. The summed E-state index contributed by atoms with van der Waals surface area (Å²) in [5.41, 5.74) is 7.83. The average Bonchev–Trinajstić information content (AvgIpc) is 2.73. The van der Waals surface area contributed by atoms with Gasteiger partial charge in [0.25, 0.3) is 11.8 Å². The van der Waals surface area contributed by atoms with Crippen molar-refractivity contribution in [3.63, 3.8) is 0 Å². The van der Waals surface area contributed by atoms with E-state index in [1.165, 1.54) is 0 Å². The van der Waals surface area contributed by atoms with E-state index in [1.807, 2.05) is 18.2 Å². The predicted octanol–water partition coefficient (Wildman–Crippen LogP) is 2.17. The number of rotatable bonds is 4. The van der Waals surface area contributed by atoms with Crippen LogP contribution >= 0.6 is 12.4 Å². The summed E-state index contributed by atoms with van der Waals surface area (Å²) in [4.78, 5) is 28.8. The van der Waals surface area contributed by atoms with Gasteiger partial charge in [-0.1, -0.05) is 18.2 Å². The topological polar surface area (TPSA) is 75.9 Å². The highest BCUT2D eigenvalue weighted by molar-refractivity contribution is 5.96. The van der Waals surface area contributed by atoms with Crippen molar-refractivity contribution in [3.8, 4) is 5.75 Å². The standard InChI is InChI=1S/C20H23N3O3.ClH/c1-26-18-4-2-3-17(13-18)20(25)23-11-9-22(10-12-23)19(24)16-7-5-15(14-21)6-8-16;/h2-8,13H,9-12,14,21H2,1H3;1H. The zero-order valence-corrected chi connectivity index (χ0v) is 16.1. The molecule has 2 aromatic rings. The number of nitrogens with zero attached hydrogens (tertiary/aromatic N) is 2. The summed E-state index contributed by atoms with van der Waals surface area (Å²) in [7, 11) is 1.58. The van der Waals surface area contributed by atoms with Gasteiger partial charge in [0.05, 0.1) is 7.11 Å². The van der Waals surface area contributed by atoms with Crippen molar-refractivity contribution in [2.75, 3.05) is 33.3 Å². The van der Waals surface area contributed by atoms with Crippen LogP contribution in [0.2, 0.25) is 0 Å². The van der Waals surface area contributed by atoms with Crippen LogP contribution in [0.5, 0.6) is 5.75 Å². The third kappa shape index (κ3) is 4.78. The van der Waals surface area contributed by atoms with E-state index < -0.39 is 0 Å². The van der Waals surface area contributed by atoms with Gasteiger partial charge in [-0.3, -0.25) is 9.59 Å². The lowest BCUT2D eigenvalue weighted by Crippen LogP contribution is -2.50. The van der Waals surface area contributed by atoms with Gasteiger partial charge in [0, 0.05) is 43.9 Å². The quantitative estimate of drug-likeness (QED) is 0.869. The van der Waals surface area contributed by atoms with Crippen LogP contribution in [0.4, 0.5) is 0 Å². The van der Waals surface area contributed by atoms with Gasteiger partial charge in [-0.25, -0.2) is 0 Å². The number of hydrogen-bond donors (Lipinski definition) is 1. The molecule has 144 valence electrons. The number of amides is 2. The smallest absolute Gasteiger partial charge is 0.254 e. The Morgan fingerprint density at radius 3 is 2.00 bits per heavy atom. The maximum Gasteiger partial charge on any atom is 0.254 e. The first-order valence-electron chi connectivity index (χ1n) is 8.64. The number of nitrogens with two attached hydrogens (primary N) is 1. The fraction of sp³-hybridized carbons (Fsp3) is 0.300. The maximum atomic E-state index is 12.6. The molecule has 0 saturated carbocycles. The molecule has 1 aliphatic heterocycles. The number of piperazine rings is 1. The van der Waals surface area contributed by atoms with Crippen LogP contribution in [0.25, 0.3) is 0 Å². The summed E-state index contributed by atoms with van der Waals surface area (Å²) in [6, 6.07) is 14.5. The van der Waals surface area contributed by atoms with E-state index in [0.717, 1.165) is 5.56 Å². The van der Waals surface area contributed by atoms with Gasteiger partial charge in [0.1, 0.15) is 5.75 Å². The molecule has 1 fully saturated rings. The molecule has 7 heteroatoms. The molecule has 0 bridgehead atoms. The number of carbonyl (C=O) groups excluding carboxylic acids is 2. The number of halogens is 1. The van der Waals surface area contributed by atoms with E-state index >= 15 is 0 Å². The molecule has 27 heavy (non-hydrogen) atoms. The van der Waals surface area contributed by atoms with E-state index in [1.54, 1.807) is 47.2 Å². The second-order valence-corrected chi connectivity index (χ2v) is 6.22. The molecule has 2 amide bonds. The molecule has 0 aliphatic carbocycles. The van der Waals surface area contributed by atoms with Crippen molar-refractivity contribution >= 4 is 24.2 Å². The SMILES string of the molecule is COc1cccc(C(=O)N2CCN(C(=O)c3ccc(CN)cc3)CC2)c1.Cl. The first kappa shape index (κ1) is 20.7. The maximum absolute atomic E-state index is 12.6. The van der Waals surface area contributed by atoms with Crippen LogP contribution in [0.1, 0.15) is 26.3 Å². The summed E-state index contributed by atoms with van der Waals surface area (Å²) in [5, 5.41) is 0. The molecule has 3 rings (SSSR count). The zero-order valence-electron chi connectivity index (χ0n) is 15.3. The third-order valence-electron chi connectivity index (χ3n) is 4.61. The molecule has 0 radical (unpaired) electrons. The van der Waals surface area contributed by atoms with Crippen LogP contribution in [0, 0.1) is 0 Å². The Hall–Kier alpha value is -2.57. The Labute approximate surface area is 165 Å². The van der Waals surface area contributed by atoms with Crippen LogP contribution in [0.15, 0.2) is 48.5 Å². The summed E-state index contributed by atoms with van der Waals surface area (Å²) < 4.78 is 5.17. The first-order chi connectivity index (χ1) is 12.6. The van der Waals surface area contributed by atoms with E-state index in [2.05, 4.69) is 0 Å². The van der Waals surface area contributed by atoms with Gasteiger partial charge in [-0.15, -0.1) is 12.4 Å². The van der Waals surface area contributed by atoms with E-state index in [0.29, 0.717) is 49.6 Å². The molecule has 1 heterocycles. The fourth-order valence-corrected chi connectivity index (χ4v) is 3.02. The lowest BCUT2D eigenvalue weighted by Gasteiger charge is -2.35. The molecular weight excluding hydrogens is 366 g/mol. The highest BCUT2D eigenvalue weighted by Crippen LogP contribution is 2.16. The normalized spacial score (nSPS) is 13.7. The second-order valence-electron chi connectivity index (χ2n) is 6.22. The van der Waals surface area contributed by atoms with Crippen molar-refractivity contribution in [1.82, 2.24) is 9.80 Å². The number of ether oxygens (including phenoxy) is 1. The minimum Gasteiger partial charge on any atom is -0.497 e. The summed E-state index contributed by atoms with van der Waals surface area (Å²) in [6.07, 6.45) is 0. The Balaban J connectivity index is 0.00000261.